The van der Waals surface area contributed by atoms with E-state index < -0.39 is 23.4 Å². The maximum atomic E-state index is 12.9. The molecule has 3 N–H and O–H groups in total. The fraction of sp³-hybridized carbons (Fsp3) is 0.273. The first-order valence-electron chi connectivity index (χ1n) is 19.2. The van der Waals surface area contributed by atoms with E-state index in [9.17, 15) is 33.9 Å². The molecule has 0 spiro atoms. The summed E-state index contributed by atoms with van der Waals surface area (Å²) in [6.07, 6.45) is 6.28. The standard InChI is InChI=1S/C22H22N4O3.C11H10N2O3.C11H14N2O.K/c1-14-12-23-15(2)19-18(14)17(13-24-19)20(27)22(29)26-10-8-25(9-11-26)21(28)16-6-4-3-5-7-16;1-5-3-12-6(2)9-8(5)7(4-13-9)10(14)11(15)16;14-11(10-4-2-1-3-5-10)13-8-6-12-7-9-13;/h3-7,12-13,24H,8-11H2,1-2H3;3-4,13H,1-2H3,(H,15,16);1-5,12H,6-9H2;/q;;;+1/p-1. The van der Waals surface area contributed by atoms with E-state index in [-0.39, 0.29) is 68.8 Å². The number of piperazine rings is 2. The van der Waals surface area contributed by atoms with Crippen molar-refractivity contribution in [2.45, 2.75) is 27.7 Å². The Morgan fingerprint density at radius 2 is 0.967 bits per heavy atom. The number of nitrogens with zero attached hydrogens (tertiary/aromatic N) is 5. The maximum Gasteiger partial charge on any atom is 1.00 e. The minimum atomic E-state index is -1.70. The first-order valence-corrected chi connectivity index (χ1v) is 19.2. The van der Waals surface area contributed by atoms with Crippen LogP contribution in [-0.2, 0) is 9.59 Å². The minimum Gasteiger partial charge on any atom is -0.541 e. The largest absolute Gasteiger partial charge is 1.00 e. The number of carbonyl (C=O) groups is 6. The predicted octanol–water partition coefficient (Wildman–Crippen LogP) is 0.195. The quantitative estimate of drug-likeness (QED) is 0.118. The second kappa shape index (κ2) is 20.7. The number of benzene rings is 2. The number of hydrogen-bond donors (Lipinski definition) is 3. The summed E-state index contributed by atoms with van der Waals surface area (Å²) >= 11 is 0. The number of pyridine rings is 2. The van der Waals surface area contributed by atoms with Crippen molar-refractivity contribution in [2.75, 3.05) is 52.4 Å². The van der Waals surface area contributed by atoms with Gasteiger partial charge in [0.25, 0.3) is 23.5 Å². The minimum absolute atomic E-state index is 0. The van der Waals surface area contributed by atoms with Crippen molar-refractivity contribution in [3.05, 3.63) is 130 Å². The molecule has 0 saturated carbocycles. The van der Waals surface area contributed by atoms with Crippen molar-refractivity contribution in [1.82, 2.24) is 40.0 Å². The summed E-state index contributed by atoms with van der Waals surface area (Å²) in [6.45, 7) is 12.2. The van der Waals surface area contributed by atoms with Crippen LogP contribution in [0.2, 0.25) is 0 Å². The molecule has 15 nitrogen and oxygen atoms in total. The van der Waals surface area contributed by atoms with Gasteiger partial charge < -0.3 is 39.9 Å². The molecule has 16 heteroatoms. The van der Waals surface area contributed by atoms with Crippen LogP contribution in [0.25, 0.3) is 21.8 Å². The number of amides is 3. The molecule has 304 valence electrons. The molecule has 2 saturated heterocycles. The van der Waals surface area contributed by atoms with Crippen molar-refractivity contribution < 1.29 is 85.3 Å². The van der Waals surface area contributed by atoms with Crippen molar-refractivity contribution in [1.29, 1.82) is 0 Å². The summed E-state index contributed by atoms with van der Waals surface area (Å²) in [7, 11) is 0. The van der Waals surface area contributed by atoms with E-state index in [2.05, 4.69) is 25.3 Å². The SMILES string of the molecule is Cc1ncc(C)c2c(C(=O)C(=O)N3CCN(C(=O)c4ccccc4)CC3)c[nH]c12.Cc1ncc(C)c2c(C(=O)C(=O)[O-])c[nH]c12.O=C(c1ccccc1)N1CCNCC1.[K+]. The monoisotopic (exact) mass is 836 g/mol. The molecule has 8 rings (SSSR count). The fourth-order valence-electron chi connectivity index (χ4n) is 7.12. The number of hydrogen-bond acceptors (Lipinski definition) is 10. The number of H-pyrrole nitrogens is 2. The van der Waals surface area contributed by atoms with Gasteiger partial charge in [-0.2, -0.15) is 0 Å². The zero-order valence-electron chi connectivity index (χ0n) is 34.3. The number of nitrogens with one attached hydrogen (secondary N) is 3. The number of carboxylic acids is 1. The molecule has 2 aliphatic heterocycles. The number of ketones is 2. The molecular formula is C44H45KN8O7. The average molecular weight is 837 g/mol. The third-order valence-electron chi connectivity index (χ3n) is 10.3. The van der Waals surface area contributed by atoms with Crippen LogP contribution in [0, 0.1) is 27.7 Å². The van der Waals surface area contributed by atoms with E-state index in [1.54, 1.807) is 49.5 Å². The van der Waals surface area contributed by atoms with Gasteiger partial charge in [0.05, 0.1) is 28.0 Å². The van der Waals surface area contributed by atoms with E-state index in [4.69, 9.17) is 0 Å². The Kier molecular flexibility index (Phi) is 15.8. The van der Waals surface area contributed by atoms with Crippen LogP contribution in [0.5, 0.6) is 0 Å². The zero-order valence-corrected chi connectivity index (χ0v) is 37.5. The number of rotatable bonds is 6. The molecule has 0 bridgehead atoms. The van der Waals surface area contributed by atoms with Gasteiger partial charge in [-0.25, -0.2) is 0 Å². The van der Waals surface area contributed by atoms with Gasteiger partial charge in [-0.15, -0.1) is 0 Å². The molecule has 3 amide bonds. The maximum absolute atomic E-state index is 12.9. The molecule has 4 aromatic heterocycles. The van der Waals surface area contributed by atoms with Crippen LogP contribution in [-0.4, -0.2) is 122 Å². The van der Waals surface area contributed by atoms with Crippen molar-refractivity contribution >= 4 is 57.1 Å². The number of aromatic amines is 2. The molecule has 0 unspecified atom stereocenters. The molecule has 2 fully saturated rings. The normalized spacial score (nSPS) is 13.6. The van der Waals surface area contributed by atoms with Gasteiger partial charge in [0.2, 0.25) is 5.78 Å². The average Bonchev–Trinajstić information content (AvgIpc) is 3.94. The Morgan fingerprint density at radius 3 is 1.40 bits per heavy atom. The van der Waals surface area contributed by atoms with Gasteiger partial charge in [0.1, 0.15) is 5.97 Å². The van der Waals surface area contributed by atoms with Gasteiger partial charge in [0.15, 0.2) is 0 Å². The summed E-state index contributed by atoms with van der Waals surface area (Å²) in [5, 5.41) is 15.1. The summed E-state index contributed by atoms with van der Waals surface area (Å²) in [5.41, 5.74) is 6.48. The number of aliphatic carboxylic acids is 1. The Labute approximate surface area is 389 Å². The van der Waals surface area contributed by atoms with Gasteiger partial charge in [-0.05, 0) is 63.1 Å². The van der Waals surface area contributed by atoms with E-state index in [1.807, 2.05) is 67.3 Å². The van der Waals surface area contributed by atoms with Gasteiger partial charge in [-0.1, -0.05) is 36.4 Å². The molecular weight excluding hydrogens is 792 g/mol. The van der Waals surface area contributed by atoms with Crippen LogP contribution in [0.4, 0.5) is 0 Å². The number of fused-ring (bicyclic) bond motifs is 2. The molecule has 0 atom stereocenters. The summed E-state index contributed by atoms with van der Waals surface area (Å²) < 4.78 is 0. The van der Waals surface area contributed by atoms with Crippen molar-refractivity contribution in [3.8, 4) is 0 Å². The molecule has 0 aliphatic carbocycles. The Hall–Kier alpha value is -5.36. The molecule has 6 heterocycles. The number of carboxylic acid groups (broad SMARTS) is 1. The van der Waals surface area contributed by atoms with Gasteiger partial charge in [0, 0.05) is 105 Å². The number of Topliss-reactive ketones (excluding diaryl/α,β-unsaturated/α-hetero) is 2. The Morgan fingerprint density at radius 1 is 0.567 bits per heavy atom. The topological polar surface area (TPSA) is 205 Å². The van der Waals surface area contributed by atoms with Crippen molar-refractivity contribution in [2.24, 2.45) is 0 Å². The third-order valence-corrected chi connectivity index (χ3v) is 10.3. The van der Waals surface area contributed by atoms with Crippen LogP contribution in [0.15, 0.2) is 85.5 Å². The molecule has 60 heavy (non-hydrogen) atoms. The van der Waals surface area contributed by atoms with E-state index in [1.165, 1.54) is 11.1 Å². The number of carbonyl (C=O) groups excluding carboxylic acids is 6. The number of aryl methyl sites for hydroxylation is 4. The van der Waals surface area contributed by atoms with Crippen LogP contribution in [0.3, 0.4) is 0 Å². The van der Waals surface area contributed by atoms with Crippen molar-refractivity contribution in [3.63, 3.8) is 0 Å². The molecule has 6 aromatic rings. The van der Waals surface area contributed by atoms with Gasteiger partial charge >= 0.3 is 51.4 Å². The van der Waals surface area contributed by atoms with E-state index in [0.29, 0.717) is 48.2 Å². The first-order chi connectivity index (χ1) is 28.4. The van der Waals surface area contributed by atoms with Crippen LogP contribution < -0.4 is 61.8 Å². The fourth-order valence-corrected chi connectivity index (χ4v) is 7.12. The smallest absolute Gasteiger partial charge is 0.541 e. The third kappa shape index (κ3) is 10.3. The zero-order chi connectivity index (χ0) is 42.2. The van der Waals surface area contributed by atoms with E-state index >= 15 is 0 Å². The number of aromatic nitrogens is 4. The van der Waals surface area contributed by atoms with Crippen LogP contribution >= 0.6 is 0 Å². The molecule has 0 radical (unpaired) electrons. The Balaban J connectivity index is 0.000000186. The molecule has 2 aromatic carbocycles. The predicted molar refractivity (Wildman–Crippen MR) is 219 cm³/mol. The summed E-state index contributed by atoms with van der Waals surface area (Å²) in [4.78, 5) is 91.6. The summed E-state index contributed by atoms with van der Waals surface area (Å²) in [5.74, 6) is -3.69. The second-order valence-corrected chi connectivity index (χ2v) is 14.3. The van der Waals surface area contributed by atoms with Crippen LogP contribution in [0.1, 0.15) is 63.9 Å². The first kappa shape index (κ1) is 45.7. The summed E-state index contributed by atoms with van der Waals surface area (Å²) in [6, 6.07) is 18.5. The Bertz CT molecular complexity index is 2520. The molecule has 2 aliphatic rings. The van der Waals surface area contributed by atoms with E-state index in [0.717, 1.165) is 65.2 Å². The second-order valence-electron chi connectivity index (χ2n) is 14.3. The van der Waals surface area contributed by atoms with Gasteiger partial charge in [-0.3, -0.25) is 33.9 Å².